The number of nitrogens with one attached hydrogen (secondary N) is 3. The lowest BCUT2D eigenvalue weighted by Crippen LogP contribution is -2.53. The van der Waals surface area contributed by atoms with E-state index in [0.29, 0.717) is 18.2 Å². The van der Waals surface area contributed by atoms with Crippen molar-refractivity contribution >= 4 is 44.5 Å². The molecular weight excluding hydrogens is 536 g/mol. The van der Waals surface area contributed by atoms with E-state index in [1.165, 1.54) is 17.0 Å². The molecule has 1 atom stereocenters. The van der Waals surface area contributed by atoms with Crippen LogP contribution in [-0.4, -0.2) is 85.3 Å². The lowest BCUT2D eigenvalue weighted by Gasteiger charge is -2.31. The normalized spacial score (nSPS) is 16.8. The molecule has 2 fully saturated rings. The molecule has 1 aliphatic heterocycles. The van der Waals surface area contributed by atoms with E-state index < -0.39 is 46.2 Å². The Morgan fingerprint density at radius 1 is 1.07 bits per heavy atom. The van der Waals surface area contributed by atoms with Gasteiger partial charge in [0.15, 0.2) is 5.96 Å². The summed E-state index contributed by atoms with van der Waals surface area (Å²) in [4.78, 5) is 40.8. The number of fused-ring (bicyclic) bond motifs is 1. The highest BCUT2D eigenvalue weighted by atomic mass is 32.2. The molecule has 0 spiro atoms. The number of carbonyl (C=O) groups excluding carboxylic acids is 2. The number of aliphatic carboxylic acids is 1. The van der Waals surface area contributed by atoms with Crippen molar-refractivity contribution in [1.82, 2.24) is 19.8 Å². The number of sulfonamides is 1. The van der Waals surface area contributed by atoms with Crippen LogP contribution in [0.25, 0.3) is 10.8 Å². The Morgan fingerprint density at radius 3 is 2.38 bits per heavy atom. The number of rotatable bonds is 12. The number of hydrogen-bond acceptors (Lipinski definition) is 7. The summed E-state index contributed by atoms with van der Waals surface area (Å²) in [5, 5.41) is 21.9. The maximum absolute atomic E-state index is 13.7. The minimum absolute atomic E-state index is 0.0712. The second kappa shape index (κ2) is 12.7. The number of nitrogens with two attached hydrogens (primary N) is 1. The Labute approximate surface area is 233 Å². The largest absolute Gasteiger partial charge is 0.481 e. The maximum atomic E-state index is 13.7. The Hall–Kier alpha value is -3.55. The molecule has 1 saturated heterocycles. The second-order valence-electron chi connectivity index (χ2n) is 10.4. The smallest absolute Gasteiger partial charge is 0.305 e. The number of nitrogens with zero attached hydrogens (tertiary/aromatic N) is 2. The van der Waals surface area contributed by atoms with Crippen LogP contribution in [0, 0.1) is 11.3 Å². The number of hydrogen-bond donors (Lipinski definition) is 5. The van der Waals surface area contributed by atoms with E-state index in [0.717, 1.165) is 36.2 Å². The molecule has 40 heavy (non-hydrogen) atoms. The molecule has 13 heteroatoms. The maximum Gasteiger partial charge on any atom is 0.305 e. The predicted octanol–water partition coefficient (Wildman–Crippen LogP) is 1.06. The number of amides is 2. The van der Waals surface area contributed by atoms with Crippen molar-refractivity contribution in [1.29, 1.82) is 5.41 Å². The van der Waals surface area contributed by atoms with Crippen molar-refractivity contribution in [2.45, 2.75) is 55.5 Å². The molecule has 2 aromatic rings. The highest BCUT2D eigenvalue weighted by Crippen LogP contribution is 2.28. The number of carboxylic acid groups (broad SMARTS) is 1. The Balaban J connectivity index is 1.60. The molecule has 6 N–H and O–H groups in total. The van der Waals surface area contributed by atoms with Gasteiger partial charge in [-0.2, -0.15) is 4.72 Å². The van der Waals surface area contributed by atoms with Crippen LogP contribution in [0.2, 0.25) is 0 Å². The van der Waals surface area contributed by atoms with E-state index in [2.05, 4.69) is 10.0 Å². The molecule has 0 radical (unpaired) electrons. The first kappa shape index (κ1) is 29.4. The summed E-state index contributed by atoms with van der Waals surface area (Å²) < 4.78 is 29.4. The molecule has 1 aliphatic carbocycles. The number of benzene rings is 2. The summed E-state index contributed by atoms with van der Waals surface area (Å²) in [7, 11) is -4.26. The fourth-order valence-corrected chi connectivity index (χ4v) is 6.21. The fourth-order valence-electron chi connectivity index (χ4n) is 4.99. The van der Waals surface area contributed by atoms with Gasteiger partial charge in [-0.15, -0.1) is 0 Å². The zero-order valence-electron chi connectivity index (χ0n) is 22.2. The highest BCUT2D eigenvalue weighted by molar-refractivity contribution is 7.89. The van der Waals surface area contributed by atoms with Gasteiger partial charge < -0.3 is 21.1 Å². The number of piperidine rings is 1. The Bertz CT molecular complexity index is 1370. The molecule has 2 aromatic carbocycles. The predicted molar refractivity (Wildman–Crippen MR) is 149 cm³/mol. The van der Waals surface area contributed by atoms with Crippen molar-refractivity contribution in [3.63, 3.8) is 0 Å². The first-order chi connectivity index (χ1) is 19.0. The van der Waals surface area contributed by atoms with E-state index in [1.54, 1.807) is 18.2 Å². The molecule has 1 saturated carbocycles. The highest BCUT2D eigenvalue weighted by Gasteiger charge is 2.39. The molecule has 1 heterocycles. The number of carboxylic acids is 1. The molecule has 12 nitrogen and oxygen atoms in total. The van der Waals surface area contributed by atoms with Crippen molar-refractivity contribution in [3.05, 3.63) is 42.5 Å². The molecular formula is C27H36N6O6S. The third-order valence-electron chi connectivity index (χ3n) is 7.33. The SMILES string of the molecule is N=C(N)N(CC1CCNCC1)C(=O)CC(NS(=O)(=O)c1ccc2ccccc2c1)C(=O)N(CCC(=O)O)C1CC1. The van der Waals surface area contributed by atoms with Gasteiger partial charge >= 0.3 is 5.97 Å². The molecule has 2 aliphatic rings. The minimum atomic E-state index is -4.26. The van der Waals surface area contributed by atoms with Crippen molar-refractivity contribution in [2.75, 3.05) is 26.2 Å². The van der Waals surface area contributed by atoms with Crippen LogP contribution in [0.5, 0.6) is 0 Å². The molecule has 1 unspecified atom stereocenters. The molecule has 0 aromatic heterocycles. The van der Waals surface area contributed by atoms with Gasteiger partial charge in [0.2, 0.25) is 21.8 Å². The molecule has 2 amide bonds. The molecule has 0 bridgehead atoms. The van der Waals surface area contributed by atoms with Gasteiger partial charge in [-0.1, -0.05) is 30.3 Å². The summed E-state index contributed by atoms with van der Waals surface area (Å²) >= 11 is 0. The zero-order valence-corrected chi connectivity index (χ0v) is 23.0. The van der Waals surface area contributed by atoms with E-state index in [9.17, 15) is 27.9 Å². The van der Waals surface area contributed by atoms with Crippen molar-refractivity contribution < 1.29 is 27.9 Å². The van der Waals surface area contributed by atoms with Crippen LogP contribution in [0.4, 0.5) is 0 Å². The van der Waals surface area contributed by atoms with E-state index in [-0.39, 0.29) is 36.4 Å². The average Bonchev–Trinajstić information content (AvgIpc) is 3.76. The fraction of sp³-hybridized carbons (Fsp3) is 0.481. The lowest BCUT2D eigenvalue weighted by atomic mass is 9.97. The van der Waals surface area contributed by atoms with E-state index >= 15 is 0 Å². The van der Waals surface area contributed by atoms with Gasteiger partial charge in [0, 0.05) is 19.1 Å². The van der Waals surface area contributed by atoms with Crippen LogP contribution in [0.15, 0.2) is 47.4 Å². The number of guanidine groups is 1. The lowest BCUT2D eigenvalue weighted by molar-refractivity contribution is -0.141. The Kier molecular flexibility index (Phi) is 9.38. The minimum Gasteiger partial charge on any atom is -0.481 e. The topological polar surface area (TPSA) is 186 Å². The van der Waals surface area contributed by atoms with Crippen molar-refractivity contribution in [2.24, 2.45) is 11.7 Å². The first-order valence-electron chi connectivity index (χ1n) is 13.4. The average molecular weight is 573 g/mol. The van der Waals surface area contributed by atoms with Gasteiger partial charge in [-0.3, -0.25) is 24.7 Å². The van der Waals surface area contributed by atoms with Crippen LogP contribution >= 0.6 is 0 Å². The zero-order chi connectivity index (χ0) is 28.9. The van der Waals surface area contributed by atoms with Gasteiger partial charge in [0.1, 0.15) is 6.04 Å². The van der Waals surface area contributed by atoms with Crippen LogP contribution in [0.1, 0.15) is 38.5 Å². The first-order valence-corrected chi connectivity index (χ1v) is 14.9. The number of carbonyl (C=O) groups is 3. The molecule has 4 rings (SSSR count). The van der Waals surface area contributed by atoms with Crippen LogP contribution in [0.3, 0.4) is 0 Å². The van der Waals surface area contributed by atoms with Gasteiger partial charge in [0.25, 0.3) is 0 Å². The summed E-state index contributed by atoms with van der Waals surface area (Å²) in [5.41, 5.74) is 5.75. The van der Waals surface area contributed by atoms with Crippen LogP contribution < -0.4 is 15.8 Å². The quantitative estimate of drug-likeness (QED) is 0.185. The van der Waals surface area contributed by atoms with E-state index in [1.807, 2.05) is 12.1 Å². The Morgan fingerprint density at radius 2 is 1.75 bits per heavy atom. The summed E-state index contributed by atoms with van der Waals surface area (Å²) in [6.07, 6.45) is 2.04. The van der Waals surface area contributed by atoms with Crippen LogP contribution in [-0.2, 0) is 24.4 Å². The standard InChI is InChI=1S/C27H36N6O6S/c28-27(29)33(17-18-9-12-30-13-10-18)24(34)16-23(26(37)32(21-6-7-21)14-11-25(35)36)31-40(38,39)22-8-5-19-3-1-2-4-20(19)15-22/h1-5,8,15,18,21,23,30-31H,6-7,9-14,16-17H2,(H3,28,29)(H,35,36). The monoisotopic (exact) mass is 572 g/mol. The summed E-state index contributed by atoms with van der Waals surface area (Å²) in [5.74, 6) is -2.79. The third-order valence-corrected chi connectivity index (χ3v) is 8.80. The second-order valence-corrected chi connectivity index (χ2v) is 12.1. The third kappa shape index (κ3) is 7.55. The molecule has 216 valence electrons. The van der Waals surface area contributed by atoms with E-state index in [4.69, 9.17) is 11.1 Å². The van der Waals surface area contributed by atoms with Gasteiger partial charge in [-0.25, -0.2) is 8.42 Å². The van der Waals surface area contributed by atoms with Gasteiger partial charge in [0.05, 0.1) is 17.7 Å². The summed E-state index contributed by atoms with van der Waals surface area (Å²) in [6.45, 7) is 1.64. The van der Waals surface area contributed by atoms with Gasteiger partial charge in [-0.05, 0) is 67.6 Å². The summed E-state index contributed by atoms with van der Waals surface area (Å²) in [6, 6.07) is 10.1. The van der Waals surface area contributed by atoms with Crippen molar-refractivity contribution in [3.8, 4) is 0 Å².